The van der Waals surface area contributed by atoms with Crippen molar-refractivity contribution in [3.8, 4) is 0 Å². The molecule has 0 aromatic heterocycles. The maximum Gasteiger partial charge on any atom is 0.306 e. The van der Waals surface area contributed by atoms with Gasteiger partial charge in [0, 0.05) is 26.2 Å². The second-order valence-electron chi connectivity index (χ2n) is 15.5. The lowest BCUT2D eigenvalue weighted by Gasteiger charge is -2.46. The van der Waals surface area contributed by atoms with Crippen molar-refractivity contribution >= 4 is 23.9 Å². The van der Waals surface area contributed by atoms with Gasteiger partial charge in [-0.3, -0.25) is 19.2 Å². The van der Waals surface area contributed by atoms with Gasteiger partial charge in [-0.2, -0.15) is 0 Å². The van der Waals surface area contributed by atoms with Crippen molar-refractivity contribution in [3.63, 3.8) is 0 Å². The molecule has 2 fully saturated rings. The first kappa shape index (κ1) is 46.8. The molecule has 4 N–H and O–H groups in total. The number of aliphatic hydroxyl groups is 4. The second kappa shape index (κ2) is 23.5. The predicted molar refractivity (Wildman–Crippen MR) is 190 cm³/mol. The van der Waals surface area contributed by atoms with Gasteiger partial charge in [0.15, 0.2) is 18.3 Å². The quantitative estimate of drug-likeness (QED) is 0.0630. The normalized spacial score (nSPS) is 28.7. The van der Waals surface area contributed by atoms with Crippen LogP contribution < -0.4 is 0 Å². The van der Waals surface area contributed by atoms with E-state index in [2.05, 4.69) is 41.5 Å². The van der Waals surface area contributed by atoms with E-state index in [0.717, 1.165) is 45.4 Å². The van der Waals surface area contributed by atoms with Crippen LogP contribution in [0.4, 0.5) is 0 Å². The summed E-state index contributed by atoms with van der Waals surface area (Å²) in [5.41, 5.74) is 0. The molecule has 2 saturated heterocycles. The van der Waals surface area contributed by atoms with Crippen molar-refractivity contribution in [3.05, 3.63) is 0 Å². The highest BCUT2D eigenvalue weighted by Crippen LogP contribution is 2.38. The number of carbonyl (C=O) groups excluding carboxylic acids is 4. The van der Waals surface area contributed by atoms with Crippen LogP contribution in [0, 0.1) is 17.8 Å². The third-order valence-corrected chi connectivity index (χ3v) is 9.30. The summed E-state index contributed by atoms with van der Waals surface area (Å²) in [6, 6.07) is 0. The molecule has 2 aliphatic heterocycles. The molecule has 9 unspecified atom stereocenters. The van der Waals surface area contributed by atoms with Crippen LogP contribution in [0.5, 0.6) is 0 Å². The summed E-state index contributed by atoms with van der Waals surface area (Å²) >= 11 is 0. The van der Waals surface area contributed by atoms with Crippen molar-refractivity contribution in [1.82, 2.24) is 0 Å². The second-order valence-corrected chi connectivity index (χ2v) is 15.5. The third kappa shape index (κ3) is 15.7. The van der Waals surface area contributed by atoms with Gasteiger partial charge < -0.3 is 53.6 Å². The van der Waals surface area contributed by atoms with E-state index in [1.807, 2.05) is 0 Å². The summed E-state index contributed by atoms with van der Waals surface area (Å²) in [4.78, 5) is 51.4. The molecule has 308 valence electrons. The van der Waals surface area contributed by atoms with Crippen LogP contribution in [0.3, 0.4) is 0 Å². The lowest BCUT2D eigenvalue weighted by atomic mass is 9.97. The van der Waals surface area contributed by atoms with Gasteiger partial charge in [0.25, 0.3) is 0 Å². The Morgan fingerprint density at radius 2 is 1.11 bits per heavy atom. The smallest absolute Gasteiger partial charge is 0.306 e. The fraction of sp³-hybridized carbons (Fsp3) is 0.895. The third-order valence-electron chi connectivity index (χ3n) is 9.30. The summed E-state index contributed by atoms with van der Waals surface area (Å²) in [5, 5.41) is 42.8. The molecular weight excluding hydrogens is 696 g/mol. The maximum atomic E-state index is 13.4. The summed E-state index contributed by atoms with van der Waals surface area (Å²) in [7, 11) is 0. The first-order chi connectivity index (χ1) is 25.0. The molecule has 0 spiro atoms. The van der Waals surface area contributed by atoms with E-state index < -0.39 is 98.5 Å². The van der Waals surface area contributed by atoms with Crippen molar-refractivity contribution in [1.29, 1.82) is 0 Å². The molecular formula is C38H66O15. The lowest BCUT2D eigenvalue weighted by molar-refractivity contribution is -0.384. The Balaban J connectivity index is 2.50. The van der Waals surface area contributed by atoms with Gasteiger partial charge in [0.1, 0.15) is 37.6 Å². The summed E-state index contributed by atoms with van der Waals surface area (Å²) in [6.45, 7) is 11.2. The van der Waals surface area contributed by atoms with Crippen molar-refractivity contribution in [2.24, 2.45) is 17.8 Å². The van der Waals surface area contributed by atoms with Gasteiger partial charge in [-0.25, -0.2) is 0 Å². The first-order valence-electron chi connectivity index (χ1n) is 19.3. The van der Waals surface area contributed by atoms with E-state index in [9.17, 15) is 39.6 Å². The van der Waals surface area contributed by atoms with Crippen LogP contribution in [-0.4, -0.2) is 119 Å². The number of ether oxygens (including phenoxy) is 7. The maximum absolute atomic E-state index is 13.4. The topological polar surface area (TPSA) is 214 Å². The number of carbonyl (C=O) groups is 4. The fourth-order valence-corrected chi connectivity index (χ4v) is 6.27. The monoisotopic (exact) mass is 762 g/mol. The van der Waals surface area contributed by atoms with Gasteiger partial charge in [0.2, 0.25) is 12.1 Å². The highest BCUT2D eigenvalue weighted by atomic mass is 16.8. The number of hydrogen-bond donors (Lipinski definition) is 4. The molecule has 2 heterocycles. The zero-order valence-corrected chi connectivity index (χ0v) is 32.7. The average Bonchev–Trinajstić information content (AvgIpc) is 3.32. The molecule has 0 bridgehead atoms. The summed E-state index contributed by atoms with van der Waals surface area (Å²) < 4.78 is 40.4. The fourth-order valence-electron chi connectivity index (χ4n) is 6.27. The molecule has 0 saturated carbocycles. The number of hydrogen-bond acceptors (Lipinski definition) is 15. The molecule has 0 aliphatic carbocycles. The molecule has 2 aliphatic rings. The number of unbranched alkanes of at least 4 members (excludes halogenated alkanes) is 3. The zero-order chi connectivity index (χ0) is 39.7. The molecule has 15 nitrogen and oxygen atoms in total. The molecule has 9 atom stereocenters. The highest BCUT2D eigenvalue weighted by molar-refractivity contribution is 5.71. The van der Waals surface area contributed by atoms with E-state index in [1.165, 1.54) is 0 Å². The van der Waals surface area contributed by atoms with E-state index in [1.54, 1.807) is 0 Å². The van der Waals surface area contributed by atoms with E-state index in [-0.39, 0.29) is 19.3 Å². The number of esters is 4. The first-order valence-corrected chi connectivity index (χ1v) is 19.3. The van der Waals surface area contributed by atoms with Crippen molar-refractivity contribution in [2.75, 3.05) is 19.8 Å². The summed E-state index contributed by atoms with van der Waals surface area (Å²) in [6.07, 6.45) is -6.38. The molecule has 53 heavy (non-hydrogen) atoms. The Morgan fingerprint density at radius 1 is 0.660 bits per heavy atom. The number of rotatable bonds is 24. The minimum Gasteiger partial charge on any atom is -0.463 e. The van der Waals surface area contributed by atoms with Crippen LogP contribution in [0.15, 0.2) is 0 Å². The van der Waals surface area contributed by atoms with Gasteiger partial charge in [-0.15, -0.1) is 0 Å². The highest BCUT2D eigenvalue weighted by Gasteiger charge is 2.60. The SMILES string of the molecule is CC(=O)OCC1OC(CO)(OC2OC(CO)C(OC(=O)CCCCC(C)C)C(OC(=O)CCCCC(C)C)C2OC(=O)CCCCC(C)C)C(O)C1O. The van der Waals surface area contributed by atoms with E-state index >= 15 is 0 Å². The van der Waals surface area contributed by atoms with E-state index in [0.29, 0.717) is 37.0 Å². The van der Waals surface area contributed by atoms with Crippen molar-refractivity contribution in [2.45, 2.75) is 180 Å². The number of aliphatic hydroxyl groups excluding tert-OH is 4. The van der Waals surface area contributed by atoms with Gasteiger partial charge in [-0.05, 0) is 37.0 Å². The molecule has 0 amide bonds. The Morgan fingerprint density at radius 3 is 1.53 bits per heavy atom. The van der Waals surface area contributed by atoms with Crippen LogP contribution in [-0.2, 0) is 52.3 Å². The van der Waals surface area contributed by atoms with Gasteiger partial charge in [-0.1, -0.05) is 80.1 Å². The minimum absolute atomic E-state index is 0.00243. The Bertz CT molecular complexity index is 1110. The Kier molecular flexibility index (Phi) is 20.7. The largest absolute Gasteiger partial charge is 0.463 e. The van der Waals surface area contributed by atoms with Crippen molar-refractivity contribution < 1.29 is 72.8 Å². The Hall–Kier alpha value is -2.40. The zero-order valence-electron chi connectivity index (χ0n) is 32.7. The van der Waals surface area contributed by atoms with Gasteiger partial charge in [0.05, 0.1) is 6.61 Å². The molecule has 0 radical (unpaired) electrons. The van der Waals surface area contributed by atoms with Crippen LogP contribution in [0.25, 0.3) is 0 Å². The van der Waals surface area contributed by atoms with Crippen LogP contribution in [0.1, 0.15) is 126 Å². The van der Waals surface area contributed by atoms with Gasteiger partial charge >= 0.3 is 23.9 Å². The predicted octanol–water partition coefficient (Wildman–Crippen LogP) is 3.48. The minimum atomic E-state index is -2.41. The molecule has 2 rings (SSSR count). The standard InChI is InChI=1S/C38H66O15/c1-23(2)14-8-11-17-29(42)49-33-27(20-39)48-37(53-38(22-40)36(46)32(45)28(52-38)21-47-26(7)41)35(51-31(44)19-13-10-16-25(5)6)34(33)50-30(43)18-12-9-15-24(3)4/h23-25,27-28,32-37,39-40,45-46H,8-22H2,1-7H3. The lowest BCUT2D eigenvalue weighted by Crippen LogP contribution is -2.65. The average molecular weight is 763 g/mol. The Labute approximate surface area is 314 Å². The molecule has 0 aromatic carbocycles. The van der Waals surface area contributed by atoms with Crippen LogP contribution in [0.2, 0.25) is 0 Å². The summed E-state index contributed by atoms with van der Waals surface area (Å²) in [5.74, 6) is -3.85. The molecule has 0 aromatic rings. The molecule has 15 heteroatoms. The van der Waals surface area contributed by atoms with E-state index in [4.69, 9.17) is 33.2 Å². The van der Waals surface area contributed by atoms with Crippen LogP contribution >= 0.6 is 0 Å².